The summed E-state index contributed by atoms with van der Waals surface area (Å²) in [5.74, 6) is -3.90. The van der Waals surface area contributed by atoms with Gasteiger partial charge >= 0.3 is 5.97 Å². The quantitative estimate of drug-likeness (QED) is 0.849. The Morgan fingerprint density at radius 3 is 2.21 bits per heavy atom. The van der Waals surface area contributed by atoms with E-state index >= 15 is 0 Å². The second kappa shape index (κ2) is 7.68. The molecule has 0 radical (unpaired) electrons. The van der Waals surface area contributed by atoms with E-state index in [2.05, 4.69) is 5.32 Å². The van der Waals surface area contributed by atoms with Gasteiger partial charge in [-0.2, -0.15) is 0 Å². The second-order valence-corrected chi connectivity index (χ2v) is 5.18. The molecule has 0 saturated heterocycles. The lowest BCUT2D eigenvalue weighted by Gasteiger charge is -2.14. The fourth-order valence-electron chi connectivity index (χ4n) is 2.03. The number of anilines is 1. The third-order valence-electron chi connectivity index (χ3n) is 3.45. The monoisotopic (exact) mass is 333 g/mol. The molecule has 1 atom stereocenters. The Morgan fingerprint density at radius 1 is 1.08 bits per heavy atom. The van der Waals surface area contributed by atoms with Crippen molar-refractivity contribution in [2.24, 2.45) is 0 Å². The van der Waals surface area contributed by atoms with Crippen molar-refractivity contribution in [2.75, 3.05) is 5.32 Å². The van der Waals surface area contributed by atoms with E-state index in [4.69, 9.17) is 4.74 Å². The van der Waals surface area contributed by atoms with Gasteiger partial charge in [-0.1, -0.05) is 25.1 Å². The molecule has 1 amide bonds. The number of benzene rings is 2. The zero-order valence-corrected chi connectivity index (χ0v) is 13.3. The summed E-state index contributed by atoms with van der Waals surface area (Å²) < 4.78 is 31.9. The van der Waals surface area contributed by atoms with Crippen LogP contribution in [0.15, 0.2) is 42.5 Å². The summed E-state index contributed by atoms with van der Waals surface area (Å²) in [6, 6.07) is 10.2. The molecule has 24 heavy (non-hydrogen) atoms. The van der Waals surface area contributed by atoms with Crippen LogP contribution in [0, 0.1) is 11.6 Å². The number of rotatable bonds is 5. The molecule has 0 bridgehead atoms. The molecule has 126 valence electrons. The smallest absolute Gasteiger partial charge is 0.344 e. The maximum absolute atomic E-state index is 13.5. The predicted octanol–water partition coefficient (Wildman–Crippen LogP) is 3.71. The van der Waals surface area contributed by atoms with E-state index < -0.39 is 35.2 Å². The van der Waals surface area contributed by atoms with Crippen LogP contribution in [-0.4, -0.2) is 18.0 Å². The van der Waals surface area contributed by atoms with Gasteiger partial charge in [0.05, 0.1) is 0 Å². The third kappa shape index (κ3) is 4.16. The summed E-state index contributed by atoms with van der Waals surface area (Å²) >= 11 is 0. The molecule has 2 aromatic rings. The van der Waals surface area contributed by atoms with Gasteiger partial charge in [0.15, 0.2) is 6.10 Å². The number of carbonyl (C=O) groups is 2. The zero-order chi connectivity index (χ0) is 17.7. The van der Waals surface area contributed by atoms with Gasteiger partial charge in [0.1, 0.15) is 17.2 Å². The topological polar surface area (TPSA) is 55.4 Å². The summed E-state index contributed by atoms with van der Waals surface area (Å²) in [6.07, 6.45) is -0.335. The van der Waals surface area contributed by atoms with Gasteiger partial charge in [0, 0.05) is 5.69 Å². The minimum Gasteiger partial charge on any atom is -0.449 e. The Balaban J connectivity index is 2.01. The Kier molecular flexibility index (Phi) is 5.63. The number of hydrogen-bond donors (Lipinski definition) is 1. The van der Waals surface area contributed by atoms with E-state index in [1.807, 2.05) is 19.1 Å². The Bertz CT molecular complexity index is 724. The standard InChI is InChI=1S/C18H17F2NO3/c1-3-12-7-9-13(10-8-12)21-17(22)11(2)24-18(23)16-14(19)5-4-6-15(16)20/h4-11H,3H2,1-2H3,(H,21,22)/t11-/m1/s1. The minimum atomic E-state index is -1.23. The molecular weight excluding hydrogens is 316 g/mol. The Hall–Kier alpha value is -2.76. The molecular formula is C18H17F2NO3. The highest BCUT2D eigenvalue weighted by Gasteiger charge is 2.24. The Labute approximate surface area is 138 Å². The van der Waals surface area contributed by atoms with Crippen molar-refractivity contribution in [3.8, 4) is 0 Å². The van der Waals surface area contributed by atoms with Crippen molar-refractivity contribution in [3.05, 3.63) is 65.2 Å². The number of carbonyl (C=O) groups excluding carboxylic acids is 2. The summed E-state index contributed by atoms with van der Waals surface area (Å²) in [6.45, 7) is 3.34. The lowest BCUT2D eigenvalue weighted by Crippen LogP contribution is -2.30. The lowest BCUT2D eigenvalue weighted by atomic mass is 10.1. The molecule has 0 fully saturated rings. The number of nitrogens with one attached hydrogen (secondary N) is 1. The highest BCUT2D eigenvalue weighted by Crippen LogP contribution is 2.15. The minimum absolute atomic E-state index is 0.539. The van der Waals surface area contributed by atoms with E-state index in [1.54, 1.807) is 12.1 Å². The van der Waals surface area contributed by atoms with Crippen molar-refractivity contribution < 1.29 is 23.1 Å². The number of halogens is 2. The number of esters is 1. The fourth-order valence-corrected chi connectivity index (χ4v) is 2.03. The van der Waals surface area contributed by atoms with Gasteiger partial charge in [0.2, 0.25) is 0 Å². The van der Waals surface area contributed by atoms with Crippen molar-refractivity contribution in [2.45, 2.75) is 26.4 Å². The predicted molar refractivity (Wildman–Crippen MR) is 85.7 cm³/mol. The third-order valence-corrected chi connectivity index (χ3v) is 3.45. The normalized spacial score (nSPS) is 11.7. The average molecular weight is 333 g/mol. The summed E-state index contributed by atoms with van der Waals surface area (Å²) in [5.41, 5.74) is 0.837. The van der Waals surface area contributed by atoms with Gasteiger partial charge in [0.25, 0.3) is 5.91 Å². The molecule has 0 aliphatic rings. The molecule has 0 aliphatic carbocycles. The molecule has 0 aromatic heterocycles. The number of ether oxygens (including phenoxy) is 1. The molecule has 4 nitrogen and oxygen atoms in total. The summed E-state index contributed by atoms with van der Waals surface area (Å²) in [5, 5.41) is 2.58. The van der Waals surface area contributed by atoms with Crippen molar-refractivity contribution in [1.29, 1.82) is 0 Å². The van der Waals surface area contributed by atoms with Crippen molar-refractivity contribution in [3.63, 3.8) is 0 Å². The molecule has 0 heterocycles. The molecule has 1 N–H and O–H groups in total. The van der Waals surface area contributed by atoms with Gasteiger partial charge in [-0.15, -0.1) is 0 Å². The van der Waals surface area contributed by atoms with E-state index in [0.717, 1.165) is 30.2 Å². The van der Waals surface area contributed by atoms with Crippen LogP contribution in [0.2, 0.25) is 0 Å². The zero-order valence-electron chi connectivity index (χ0n) is 13.3. The van der Waals surface area contributed by atoms with Crippen LogP contribution in [0.25, 0.3) is 0 Å². The number of aryl methyl sites for hydroxylation is 1. The first-order valence-electron chi connectivity index (χ1n) is 7.47. The maximum Gasteiger partial charge on any atom is 0.344 e. The molecule has 0 spiro atoms. The number of hydrogen-bond acceptors (Lipinski definition) is 3. The molecule has 0 unspecified atom stereocenters. The van der Waals surface area contributed by atoms with Crippen LogP contribution in [0.3, 0.4) is 0 Å². The highest BCUT2D eigenvalue weighted by molar-refractivity contribution is 5.97. The molecule has 0 aliphatic heterocycles. The van der Waals surface area contributed by atoms with Crippen molar-refractivity contribution in [1.82, 2.24) is 0 Å². The SMILES string of the molecule is CCc1ccc(NC(=O)[C@@H](C)OC(=O)c2c(F)cccc2F)cc1. The van der Waals surface area contributed by atoms with Crippen molar-refractivity contribution >= 4 is 17.6 Å². The largest absolute Gasteiger partial charge is 0.449 e. The first kappa shape index (κ1) is 17.6. The molecule has 2 rings (SSSR count). The van der Waals surface area contributed by atoms with E-state index in [9.17, 15) is 18.4 Å². The van der Waals surface area contributed by atoms with Gasteiger partial charge in [-0.25, -0.2) is 13.6 Å². The summed E-state index contributed by atoms with van der Waals surface area (Å²) in [7, 11) is 0. The fraction of sp³-hybridized carbons (Fsp3) is 0.222. The van der Waals surface area contributed by atoms with Crippen LogP contribution in [0.4, 0.5) is 14.5 Å². The average Bonchev–Trinajstić information content (AvgIpc) is 2.55. The van der Waals surface area contributed by atoms with E-state index in [-0.39, 0.29) is 0 Å². The first-order chi connectivity index (χ1) is 11.4. The van der Waals surface area contributed by atoms with E-state index in [1.165, 1.54) is 6.92 Å². The van der Waals surface area contributed by atoms with Crippen LogP contribution in [0.5, 0.6) is 0 Å². The van der Waals surface area contributed by atoms with Crippen LogP contribution in [0.1, 0.15) is 29.8 Å². The van der Waals surface area contributed by atoms with Gasteiger partial charge in [-0.3, -0.25) is 4.79 Å². The van der Waals surface area contributed by atoms with Crippen LogP contribution < -0.4 is 5.32 Å². The van der Waals surface area contributed by atoms with Gasteiger partial charge in [-0.05, 0) is 43.2 Å². The first-order valence-corrected chi connectivity index (χ1v) is 7.47. The van der Waals surface area contributed by atoms with Crippen LogP contribution in [-0.2, 0) is 16.0 Å². The summed E-state index contributed by atoms with van der Waals surface area (Å²) in [4.78, 5) is 23.9. The Morgan fingerprint density at radius 2 is 1.67 bits per heavy atom. The molecule has 6 heteroatoms. The van der Waals surface area contributed by atoms with Gasteiger partial charge < -0.3 is 10.1 Å². The van der Waals surface area contributed by atoms with Crippen LogP contribution >= 0.6 is 0 Å². The highest BCUT2D eigenvalue weighted by atomic mass is 19.1. The van der Waals surface area contributed by atoms with E-state index in [0.29, 0.717) is 5.69 Å². The maximum atomic E-state index is 13.5. The molecule has 2 aromatic carbocycles. The second-order valence-electron chi connectivity index (χ2n) is 5.18. The number of amides is 1. The lowest BCUT2D eigenvalue weighted by molar-refractivity contribution is -0.123. The molecule has 0 saturated carbocycles.